The Morgan fingerprint density at radius 2 is 0.333 bits per heavy atom. The smallest absolute Gasteiger partial charge is 0.303 e. The van der Waals surface area contributed by atoms with E-state index in [1.54, 1.807) is 0 Å². The van der Waals surface area contributed by atoms with Crippen LogP contribution in [0, 0.1) is 0 Å². The van der Waals surface area contributed by atoms with Gasteiger partial charge in [-0.15, -0.1) is 0 Å². The van der Waals surface area contributed by atoms with Crippen LogP contribution in [0.5, 0.6) is 0 Å². The van der Waals surface area contributed by atoms with Crippen molar-refractivity contribution in [2.75, 3.05) is 19.8 Å². The molecule has 0 aromatic heterocycles. The molecular formula is C116H220O19. The van der Waals surface area contributed by atoms with Crippen LogP contribution in [0.2, 0.25) is 0 Å². The number of aliphatic carboxylic acids is 6. The van der Waals surface area contributed by atoms with Crippen molar-refractivity contribution in [1.82, 2.24) is 0 Å². The van der Waals surface area contributed by atoms with E-state index in [0.29, 0.717) is 51.7 Å². The Labute approximate surface area is 830 Å². The summed E-state index contributed by atoms with van der Waals surface area (Å²) >= 11 is 0. The molecule has 11 N–H and O–H groups in total. The Hall–Kier alpha value is -5.02. The molecule has 0 bridgehead atoms. The molecule has 0 radical (unpaired) electrons. The molecule has 0 aliphatic carbocycles. The fraction of sp³-hybridized carbons (Fsp3) is 0.845. The van der Waals surface area contributed by atoms with E-state index in [4.69, 9.17) is 50.3 Å². The number of carboxylic acid groups (broad SMARTS) is 6. The van der Waals surface area contributed by atoms with Gasteiger partial charge in [0.2, 0.25) is 0 Å². The van der Waals surface area contributed by atoms with Gasteiger partial charge in [0.25, 0.3) is 0 Å². The summed E-state index contributed by atoms with van der Waals surface area (Å²) < 4.78 is 9.82. The van der Waals surface area contributed by atoms with E-state index in [0.717, 1.165) is 77.0 Å². The van der Waals surface area contributed by atoms with Crippen molar-refractivity contribution in [2.24, 2.45) is 0 Å². The summed E-state index contributed by atoms with van der Waals surface area (Å²) in [5.74, 6) is -3.99. The van der Waals surface area contributed by atoms with E-state index in [-0.39, 0.29) is 0 Å². The highest BCUT2D eigenvalue weighted by Crippen LogP contribution is 2.20. The number of rotatable bonds is 95. The van der Waals surface area contributed by atoms with Crippen LogP contribution in [0.3, 0.4) is 0 Å². The zero-order valence-electron chi connectivity index (χ0n) is 88.5. The molecule has 1 rings (SSSR count). The molecule has 1 fully saturated rings. The molecule has 0 aromatic carbocycles. The number of hydrogen-bond donors (Lipinski definition) is 11. The highest BCUT2D eigenvalue weighted by Gasteiger charge is 2.37. The summed E-state index contributed by atoms with van der Waals surface area (Å²) in [6, 6.07) is 0. The zero-order valence-corrected chi connectivity index (χ0v) is 88.5. The first kappa shape index (κ1) is 141. The van der Waals surface area contributed by atoms with Gasteiger partial charge >= 0.3 is 35.8 Å². The number of aliphatic hydroxyl groups excluding tert-OH is 5. The van der Waals surface area contributed by atoms with E-state index in [1.165, 1.54) is 424 Å². The van der Waals surface area contributed by atoms with Gasteiger partial charge in [-0.1, -0.05) is 423 Å². The van der Waals surface area contributed by atoms with Gasteiger partial charge in [-0.2, -0.15) is 0 Å². The Bertz CT molecular complexity index is 2160. The second kappa shape index (κ2) is 127. The predicted molar refractivity (Wildman–Crippen MR) is 569 cm³/mol. The molecule has 0 unspecified atom stereocenters. The van der Waals surface area contributed by atoms with Crippen molar-refractivity contribution in [1.29, 1.82) is 0 Å². The normalized spacial score (nSPS) is 12.9. The van der Waals surface area contributed by atoms with Gasteiger partial charge in [0.1, 0.15) is 24.4 Å². The van der Waals surface area contributed by atoms with Crippen LogP contribution in [0.25, 0.3) is 0 Å². The fourth-order valence-corrected chi connectivity index (χ4v) is 15.4. The molecule has 19 nitrogen and oxygen atoms in total. The lowest BCUT2D eigenvalue weighted by molar-refractivity contribution is -0.188. The minimum Gasteiger partial charge on any atom is -0.481 e. The van der Waals surface area contributed by atoms with E-state index in [2.05, 4.69) is 114 Å². The molecule has 0 aromatic rings. The first-order chi connectivity index (χ1) is 65.7. The van der Waals surface area contributed by atoms with Crippen LogP contribution in [-0.4, -0.2) is 143 Å². The number of carboxylic acids is 6. The van der Waals surface area contributed by atoms with Crippen molar-refractivity contribution >= 4 is 35.8 Å². The highest BCUT2D eigenvalue weighted by atomic mass is 16.7. The number of ether oxygens (including phenoxy) is 2. The van der Waals surface area contributed by atoms with E-state index in [9.17, 15) is 44.1 Å². The average Bonchev–Trinajstić information content (AvgIpc) is 1.83. The van der Waals surface area contributed by atoms with Crippen molar-refractivity contribution < 1.29 is 94.4 Å². The summed E-state index contributed by atoms with van der Waals surface area (Å²) in [4.78, 5) is 61.9. The molecule has 0 spiro atoms. The van der Waals surface area contributed by atoms with Gasteiger partial charge in [0.15, 0.2) is 6.29 Å². The molecule has 0 saturated carbocycles. The minimum atomic E-state index is -1.65. The zero-order chi connectivity index (χ0) is 101. The van der Waals surface area contributed by atoms with E-state index in [1.807, 2.05) is 0 Å². The first-order valence-corrected chi connectivity index (χ1v) is 56.5. The summed E-state index contributed by atoms with van der Waals surface area (Å²) in [7, 11) is 0. The molecule has 135 heavy (non-hydrogen) atoms. The van der Waals surface area contributed by atoms with Gasteiger partial charge in [-0.3, -0.25) is 28.8 Å². The standard InChI is InChI=1S/6C18H34O2.C8H16O7/c6*1-2-3-4-5-6-7-8-9-10-11-12-13-14-15-16-17-18(19)20;9-3-4(10)5(11)6(12)7(13)8-14-1-2-15-8/h6*9-10H,2-8,11-17H2,1H3,(H,19,20);4-13H,1-3H2/b6*10-9-;/t;;;;;;4-,5-,6+,7-/m......1/s1. The lowest BCUT2D eigenvalue weighted by Gasteiger charge is -2.27. The third-order valence-electron chi connectivity index (χ3n) is 24.1. The van der Waals surface area contributed by atoms with Crippen LogP contribution >= 0.6 is 0 Å². The SMILES string of the molecule is CCCCCCCC/C=C\CCCCCCCC(=O)O.CCCCCCCC/C=C\CCCCCCCC(=O)O.CCCCCCCC/C=C\CCCCCCCC(=O)O.CCCCCCCC/C=C\CCCCCCCC(=O)O.CCCCCCCC/C=C\CCCCCCCC(=O)O.CCCCCCCC/C=C\CCCCCCCC(=O)O.OC[C@@H](O)[C@@H](O)[C@H](O)[C@@H](O)C1OCCO1. The van der Waals surface area contributed by atoms with E-state index >= 15 is 0 Å². The van der Waals surface area contributed by atoms with Gasteiger partial charge in [0.05, 0.1) is 19.8 Å². The lowest BCUT2D eigenvalue weighted by atomic mass is 10.0. The summed E-state index contributed by atoms with van der Waals surface area (Å²) in [6.07, 6.45) is 120. The number of allylic oxidation sites excluding steroid dienone is 12. The highest BCUT2D eigenvalue weighted by molar-refractivity contribution is 5.68. The van der Waals surface area contributed by atoms with Crippen LogP contribution in [0.1, 0.15) is 581 Å². The van der Waals surface area contributed by atoms with Crippen molar-refractivity contribution in [3.05, 3.63) is 72.9 Å². The monoisotopic (exact) mass is 1920 g/mol. The van der Waals surface area contributed by atoms with Crippen LogP contribution < -0.4 is 0 Å². The van der Waals surface area contributed by atoms with E-state index < -0.39 is 73.1 Å². The first-order valence-electron chi connectivity index (χ1n) is 56.5. The molecule has 1 aliphatic heterocycles. The van der Waals surface area contributed by atoms with Crippen molar-refractivity contribution in [2.45, 2.75) is 612 Å². The quantitative estimate of drug-likeness (QED) is 0.0199. The predicted octanol–water partition coefficient (Wildman–Crippen LogP) is 33.4. The van der Waals surface area contributed by atoms with Gasteiger partial charge in [0, 0.05) is 38.5 Å². The number of hydrogen-bond acceptors (Lipinski definition) is 13. The summed E-state index contributed by atoms with van der Waals surface area (Å²) in [5.41, 5.74) is 0. The Balaban J connectivity index is -0.000000360. The van der Waals surface area contributed by atoms with Crippen molar-refractivity contribution in [3.63, 3.8) is 0 Å². The van der Waals surface area contributed by atoms with Crippen LogP contribution in [0.4, 0.5) is 0 Å². The topological polar surface area (TPSA) is 343 Å². The van der Waals surface area contributed by atoms with Gasteiger partial charge in [-0.05, 0) is 193 Å². The minimum absolute atomic E-state index is 0.299. The average molecular weight is 1920 g/mol. The molecule has 1 aliphatic rings. The molecule has 4 atom stereocenters. The maximum Gasteiger partial charge on any atom is 0.303 e. The number of unbranched alkanes of at least 4 members (excludes halogenated alkanes) is 66. The fourth-order valence-electron chi connectivity index (χ4n) is 15.4. The summed E-state index contributed by atoms with van der Waals surface area (Å²) in [5, 5.41) is 96.8. The Morgan fingerprint density at radius 1 is 0.207 bits per heavy atom. The molecule has 19 heteroatoms. The molecule has 798 valence electrons. The van der Waals surface area contributed by atoms with Crippen molar-refractivity contribution in [3.8, 4) is 0 Å². The lowest BCUT2D eigenvalue weighted by Crippen LogP contribution is -2.50. The molecule has 1 saturated heterocycles. The van der Waals surface area contributed by atoms with Crippen LogP contribution in [-0.2, 0) is 38.2 Å². The van der Waals surface area contributed by atoms with Gasteiger partial charge in [-0.25, -0.2) is 0 Å². The number of aliphatic hydroxyl groups is 5. The van der Waals surface area contributed by atoms with Gasteiger partial charge < -0.3 is 65.6 Å². The molecule has 1 heterocycles. The Kier molecular flexibility index (Phi) is 132. The second-order valence-corrected chi connectivity index (χ2v) is 37.7. The van der Waals surface area contributed by atoms with Crippen LogP contribution in [0.15, 0.2) is 72.9 Å². The molecule has 0 amide bonds. The maximum absolute atomic E-state index is 10.3. The largest absolute Gasteiger partial charge is 0.481 e. The number of carbonyl (C=O) groups is 6. The second-order valence-electron chi connectivity index (χ2n) is 37.7. The third-order valence-corrected chi connectivity index (χ3v) is 24.1. The third kappa shape index (κ3) is 140. The maximum atomic E-state index is 10.3. The Morgan fingerprint density at radius 3 is 0.459 bits per heavy atom. The molecular weight excluding hydrogens is 1700 g/mol. The summed E-state index contributed by atoms with van der Waals surface area (Å²) in [6.45, 7) is 13.4.